The lowest BCUT2D eigenvalue weighted by Crippen LogP contribution is -2.30. The lowest BCUT2D eigenvalue weighted by molar-refractivity contribution is -0.161. The third-order valence-corrected chi connectivity index (χ3v) is 17.4. The molecule has 16 nitrogen and oxygen atoms in total. The van der Waals surface area contributed by atoms with Gasteiger partial charge in [0.15, 0.2) is 6.10 Å². The summed E-state index contributed by atoms with van der Waals surface area (Å²) in [5.41, 5.74) is 0. The molecular weight excluding hydrogens is 1290 g/mol. The van der Waals surface area contributed by atoms with Gasteiger partial charge in [-0.2, -0.15) is 0 Å². The number of rotatable bonds is 71. The Morgan fingerprint density at radius 3 is 0.848 bits per heavy atom. The van der Waals surface area contributed by atoms with E-state index in [1.165, 1.54) is 51.4 Å². The Labute approximate surface area is 600 Å². The number of hydrogen-bond acceptors (Lipinski definition) is 14. The van der Waals surface area contributed by atoms with Crippen LogP contribution in [0.25, 0.3) is 0 Å². The molecule has 0 amide bonds. The maximum atomic E-state index is 13.0. The summed E-state index contributed by atoms with van der Waals surface area (Å²) in [5.74, 6) is -1.62. The highest BCUT2D eigenvalue weighted by Gasteiger charge is 2.29. The van der Waals surface area contributed by atoms with Gasteiger partial charge in [0.1, 0.15) is 25.4 Å². The second-order valence-electron chi connectivity index (χ2n) is 25.0. The quantitative estimate of drug-likeness (QED) is 0.0146. The van der Waals surface area contributed by atoms with Crippen molar-refractivity contribution in [3.8, 4) is 0 Å². The molecule has 0 aromatic rings. The van der Waals surface area contributed by atoms with E-state index in [0.29, 0.717) is 19.3 Å². The minimum absolute atomic E-state index is 0.0778. The van der Waals surface area contributed by atoms with E-state index in [9.17, 15) is 43.5 Å². The molecule has 0 fully saturated rings. The Morgan fingerprint density at radius 1 is 0.293 bits per heavy atom. The Hall–Kier alpha value is -4.57. The molecule has 99 heavy (non-hydrogen) atoms. The number of phosphoric ester groups is 2. The van der Waals surface area contributed by atoms with Crippen molar-refractivity contribution in [3.63, 3.8) is 0 Å². The van der Waals surface area contributed by atoms with Gasteiger partial charge in [0.05, 0.1) is 26.4 Å². The van der Waals surface area contributed by atoms with Crippen LogP contribution in [0.4, 0.5) is 0 Å². The summed E-state index contributed by atoms with van der Waals surface area (Å²) in [4.78, 5) is 58.6. The van der Waals surface area contributed by atoms with Gasteiger partial charge in [0.25, 0.3) is 0 Å². The molecule has 4 N–H and O–H groups in total. The third kappa shape index (κ3) is 74.4. The van der Waals surface area contributed by atoms with E-state index in [1.54, 1.807) is 0 Å². The predicted octanol–water partition coefficient (Wildman–Crippen LogP) is 22.1. The zero-order valence-electron chi connectivity index (χ0n) is 61.6. The number of carbonyl (C=O) groups is 3. The van der Waals surface area contributed by atoms with E-state index in [-0.39, 0.29) is 19.3 Å². The average molecular weight is 1430 g/mol. The van der Waals surface area contributed by atoms with E-state index in [0.717, 1.165) is 180 Å². The summed E-state index contributed by atoms with van der Waals surface area (Å²) in [7, 11) is -9.80. The molecule has 18 heteroatoms. The lowest BCUT2D eigenvalue weighted by atomic mass is 10.1. The van der Waals surface area contributed by atoms with Crippen molar-refractivity contribution >= 4 is 33.6 Å². The fraction of sp³-hybridized carbons (Fsp3) is 0.667. The number of esters is 3. The van der Waals surface area contributed by atoms with Crippen LogP contribution in [-0.2, 0) is 55.8 Å². The molecule has 0 aromatic carbocycles. The Balaban J connectivity index is 4.63. The molecule has 5 unspecified atom stereocenters. The molecule has 5 atom stereocenters. The van der Waals surface area contributed by atoms with Gasteiger partial charge in [-0.3, -0.25) is 32.5 Å². The molecule has 0 radical (unpaired) electrons. The van der Waals surface area contributed by atoms with Gasteiger partial charge in [-0.05, 0) is 141 Å². The standard InChI is InChI=1S/C81H136O16P2/c1-4-7-10-13-16-19-22-25-28-30-32-34-36-37-39-41-42-44-47-49-52-55-58-61-64-67-79(84)91-70-76(82)71-93-98(87,88)94-72-77(83)73-95-99(89,90)96-75-78(97-81(86)69-66-63-60-57-54-51-46-27-24-21-18-15-12-9-6-3)74-92-80(85)68-65-62-59-56-53-50-48-45-43-40-38-35-33-31-29-26-23-20-17-14-11-8-5-2/h8-9,11-12,16-21,25-29,32-35,37,39-40,43,46,76-78,82-83H,4-7,10,13-15,22-24,30-31,36,38,41-42,44-45,47-75H2,1-3H3,(H,87,88)(H,89,90)/b11-8-,12-9-,19-16-,20-17-,21-18-,28-25-,29-26-,34-32-,35-33-,39-37-,43-40-,46-27-. The van der Waals surface area contributed by atoms with Crippen molar-refractivity contribution in [2.24, 2.45) is 0 Å². The van der Waals surface area contributed by atoms with Crippen LogP contribution in [0.5, 0.6) is 0 Å². The Kier molecular flexibility index (Phi) is 69.8. The molecule has 0 saturated carbocycles. The van der Waals surface area contributed by atoms with Crippen LogP contribution in [0.1, 0.15) is 290 Å². The van der Waals surface area contributed by atoms with Crippen LogP contribution in [0.15, 0.2) is 146 Å². The van der Waals surface area contributed by atoms with Crippen molar-refractivity contribution in [1.82, 2.24) is 0 Å². The van der Waals surface area contributed by atoms with Crippen LogP contribution in [0.3, 0.4) is 0 Å². The van der Waals surface area contributed by atoms with Crippen molar-refractivity contribution in [2.45, 2.75) is 309 Å². The molecule has 0 aromatic heterocycles. The maximum absolute atomic E-state index is 13.0. The van der Waals surface area contributed by atoms with Gasteiger partial charge >= 0.3 is 33.6 Å². The molecule has 0 saturated heterocycles. The van der Waals surface area contributed by atoms with Gasteiger partial charge < -0.3 is 34.2 Å². The van der Waals surface area contributed by atoms with Crippen LogP contribution < -0.4 is 0 Å². The number of ether oxygens (including phenoxy) is 3. The normalized spacial score (nSPS) is 14.9. The zero-order valence-corrected chi connectivity index (χ0v) is 63.4. The maximum Gasteiger partial charge on any atom is 0.472 e. The first-order chi connectivity index (χ1) is 48.2. The van der Waals surface area contributed by atoms with Gasteiger partial charge in [-0.15, -0.1) is 0 Å². The number of aliphatic hydroxyl groups is 2. The van der Waals surface area contributed by atoms with Gasteiger partial charge in [-0.25, -0.2) is 9.13 Å². The minimum Gasteiger partial charge on any atom is -0.463 e. The number of allylic oxidation sites excluding steroid dienone is 24. The number of carbonyl (C=O) groups excluding carboxylic acids is 3. The summed E-state index contributed by atoms with van der Waals surface area (Å²) in [6.45, 7) is 2.38. The van der Waals surface area contributed by atoms with E-state index in [4.69, 9.17) is 32.3 Å². The summed E-state index contributed by atoms with van der Waals surface area (Å²) in [5, 5.41) is 20.6. The number of hydrogen-bond donors (Lipinski definition) is 4. The molecule has 0 rings (SSSR count). The average Bonchev–Trinajstić information content (AvgIpc) is 1.84. The first kappa shape index (κ1) is 94.4. The zero-order chi connectivity index (χ0) is 72.3. The lowest BCUT2D eigenvalue weighted by Gasteiger charge is -2.21. The molecule has 0 bridgehead atoms. The highest BCUT2D eigenvalue weighted by molar-refractivity contribution is 7.47. The largest absolute Gasteiger partial charge is 0.472 e. The van der Waals surface area contributed by atoms with Crippen molar-refractivity contribution in [1.29, 1.82) is 0 Å². The molecule has 0 aliphatic carbocycles. The molecule has 0 spiro atoms. The van der Waals surface area contributed by atoms with Crippen molar-refractivity contribution < 1.29 is 75.8 Å². The van der Waals surface area contributed by atoms with Crippen LogP contribution in [0.2, 0.25) is 0 Å². The van der Waals surface area contributed by atoms with Crippen molar-refractivity contribution in [2.75, 3.05) is 39.6 Å². The van der Waals surface area contributed by atoms with Gasteiger partial charge in [0, 0.05) is 19.3 Å². The molecule has 0 heterocycles. The molecule has 566 valence electrons. The summed E-state index contributed by atoms with van der Waals surface area (Å²) < 4.78 is 61.1. The summed E-state index contributed by atoms with van der Waals surface area (Å²) in [6, 6.07) is 0. The topological polar surface area (TPSA) is 231 Å². The fourth-order valence-electron chi connectivity index (χ4n) is 9.77. The highest BCUT2D eigenvalue weighted by Crippen LogP contribution is 2.45. The first-order valence-electron chi connectivity index (χ1n) is 38.1. The predicted molar refractivity (Wildman–Crippen MR) is 408 cm³/mol. The highest BCUT2D eigenvalue weighted by atomic mass is 31.2. The van der Waals surface area contributed by atoms with E-state index in [2.05, 4.69) is 167 Å². The van der Waals surface area contributed by atoms with Gasteiger partial charge in [0.2, 0.25) is 0 Å². The van der Waals surface area contributed by atoms with Crippen LogP contribution >= 0.6 is 15.6 Å². The molecule has 0 aliphatic heterocycles. The Bertz CT molecular complexity index is 2380. The fourth-order valence-corrected chi connectivity index (χ4v) is 11.4. The summed E-state index contributed by atoms with van der Waals surface area (Å²) >= 11 is 0. The number of phosphoric acid groups is 2. The SMILES string of the molecule is CC/C=C\C/C=C\C/C=C\C/C=C\C/C=C\CCCCCCCCCC(=O)OCC(COP(=O)(O)OCC(O)COP(=O)(O)OCC(O)COC(=O)CCCCCCCCCCC/C=C\C/C=C\C/C=C\C/C=C\CCCCC)OC(=O)CCCCCCC/C=C\C/C=C\C/C=C\CC. The number of aliphatic hydroxyl groups excluding tert-OH is 2. The smallest absolute Gasteiger partial charge is 0.463 e. The summed E-state index contributed by atoms with van der Waals surface area (Å²) in [6.07, 6.45) is 88.9. The second kappa shape index (κ2) is 73.2. The van der Waals surface area contributed by atoms with E-state index in [1.807, 2.05) is 0 Å². The van der Waals surface area contributed by atoms with Crippen LogP contribution in [0, 0.1) is 0 Å². The third-order valence-electron chi connectivity index (χ3n) is 15.5. The first-order valence-corrected chi connectivity index (χ1v) is 41.1. The second-order valence-corrected chi connectivity index (χ2v) is 27.9. The van der Waals surface area contributed by atoms with Crippen LogP contribution in [-0.4, -0.2) is 95.9 Å². The van der Waals surface area contributed by atoms with Crippen molar-refractivity contribution in [3.05, 3.63) is 146 Å². The minimum atomic E-state index is -4.94. The van der Waals surface area contributed by atoms with Gasteiger partial charge in [-0.1, -0.05) is 276 Å². The molecule has 0 aliphatic rings. The van der Waals surface area contributed by atoms with E-state index < -0.39 is 91.5 Å². The number of unbranched alkanes of at least 4 members (excludes halogenated alkanes) is 24. The van der Waals surface area contributed by atoms with E-state index >= 15 is 0 Å². The Morgan fingerprint density at radius 2 is 0.535 bits per heavy atom. The molecular formula is C81H136O16P2. The monoisotopic (exact) mass is 1430 g/mol.